The summed E-state index contributed by atoms with van der Waals surface area (Å²) in [6.07, 6.45) is 4.40. The highest BCUT2D eigenvalue weighted by Gasteiger charge is 2.37. The number of aromatic nitrogens is 4. The number of H-pyrrole nitrogens is 1. The average Bonchev–Trinajstić information content (AvgIpc) is 3.38. The van der Waals surface area contributed by atoms with Gasteiger partial charge in [0.25, 0.3) is 0 Å². The molecule has 2 unspecified atom stereocenters. The van der Waals surface area contributed by atoms with Crippen LogP contribution in [0.4, 0.5) is 0 Å². The number of carbonyl (C=O) groups is 1. The highest BCUT2D eigenvalue weighted by molar-refractivity contribution is 7.93. The summed E-state index contributed by atoms with van der Waals surface area (Å²) in [6, 6.07) is 4.60. The first kappa shape index (κ1) is 20.2. The first-order chi connectivity index (χ1) is 14.3. The molecular weight excluding hydrogens is 410 g/mol. The van der Waals surface area contributed by atoms with Crippen molar-refractivity contribution in [1.29, 1.82) is 0 Å². The maximum absolute atomic E-state index is 12.9. The molecule has 2 aromatic rings. The fourth-order valence-corrected chi connectivity index (χ4v) is 4.91. The number of rotatable bonds is 6. The first-order valence-electron chi connectivity index (χ1n) is 9.35. The Kier molecular flexibility index (Phi) is 5.16. The molecule has 0 bridgehead atoms. The van der Waals surface area contributed by atoms with Crippen LogP contribution < -0.4 is 9.46 Å². The van der Waals surface area contributed by atoms with E-state index in [0.717, 1.165) is 11.1 Å². The Bertz CT molecular complexity index is 1120. The molecule has 0 saturated heterocycles. The Labute approximate surface area is 173 Å². The number of hydrogen-bond donors (Lipinski definition) is 2. The number of benzene rings is 1. The topological polar surface area (TPSA) is 136 Å². The number of ether oxygens (including phenoxy) is 2. The van der Waals surface area contributed by atoms with Gasteiger partial charge in [-0.1, -0.05) is 32.1 Å². The molecule has 30 heavy (non-hydrogen) atoms. The van der Waals surface area contributed by atoms with Crippen LogP contribution in [0.3, 0.4) is 0 Å². The Morgan fingerprint density at radius 1 is 1.33 bits per heavy atom. The van der Waals surface area contributed by atoms with E-state index < -0.39 is 28.1 Å². The Balaban J connectivity index is 1.57. The zero-order valence-electron chi connectivity index (χ0n) is 16.6. The Morgan fingerprint density at radius 2 is 2.13 bits per heavy atom. The second-order valence-corrected chi connectivity index (χ2v) is 9.10. The standard InChI is InChI=1S/C19H21N5O5S/c1-10(2)17(19(25)28-3)22-30(26,27)12-5-7-14-13-6-4-11(18-20-23-24-21-18)8-15(13)29-16(14)9-12/h4-10,14,16-17,22H,1-3H3,(H,20,21,23,24)/t14?,16?,17-/m0/s1. The van der Waals surface area contributed by atoms with Gasteiger partial charge in [-0.05, 0) is 29.3 Å². The zero-order valence-corrected chi connectivity index (χ0v) is 17.4. The molecular formula is C19H21N5O5S. The number of sulfonamides is 1. The molecule has 0 amide bonds. The van der Waals surface area contributed by atoms with E-state index in [1.807, 2.05) is 12.1 Å². The Hall–Kier alpha value is -3.05. The minimum atomic E-state index is -3.94. The van der Waals surface area contributed by atoms with Gasteiger partial charge in [-0.2, -0.15) is 9.94 Å². The molecule has 2 aliphatic rings. The molecule has 2 heterocycles. The van der Waals surface area contributed by atoms with Gasteiger partial charge in [0.15, 0.2) is 0 Å². The number of fused-ring (bicyclic) bond motifs is 3. The largest absolute Gasteiger partial charge is 0.485 e. The lowest BCUT2D eigenvalue weighted by molar-refractivity contribution is -0.143. The summed E-state index contributed by atoms with van der Waals surface area (Å²) in [5.74, 6) is 0.0561. The highest BCUT2D eigenvalue weighted by atomic mass is 32.2. The van der Waals surface area contributed by atoms with Gasteiger partial charge in [-0.15, -0.1) is 10.2 Å². The van der Waals surface area contributed by atoms with E-state index in [2.05, 4.69) is 25.3 Å². The molecule has 158 valence electrons. The van der Waals surface area contributed by atoms with Crippen LogP contribution >= 0.6 is 0 Å². The second kappa shape index (κ2) is 7.65. The fraction of sp³-hybridized carbons (Fsp3) is 0.368. The molecule has 10 nitrogen and oxygen atoms in total. The van der Waals surface area contributed by atoms with E-state index in [1.54, 1.807) is 32.1 Å². The summed E-state index contributed by atoms with van der Waals surface area (Å²) in [6.45, 7) is 3.48. The quantitative estimate of drug-likeness (QED) is 0.653. The minimum absolute atomic E-state index is 0.0458. The second-order valence-electron chi connectivity index (χ2n) is 7.39. The van der Waals surface area contributed by atoms with Crippen LogP contribution in [-0.2, 0) is 19.6 Å². The Morgan fingerprint density at radius 3 is 2.80 bits per heavy atom. The highest BCUT2D eigenvalue weighted by Crippen LogP contribution is 2.43. The summed E-state index contributed by atoms with van der Waals surface area (Å²) in [7, 11) is -2.72. The molecule has 4 rings (SSSR count). The van der Waals surface area contributed by atoms with Gasteiger partial charge in [0.05, 0.1) is 12.0 Å². The number of aromatic amines is 1. The summed E-state index contributed by atoms with van der Waals surface area (Å²) < 4.78 is 38.9. The van der Waals surface area contributed by atoms with Gasteiger partial charge in [0.2, 0.25) is 15.8 Å². The van der Waals surface area contributed by atoms with E-state index >= 15 is 0 Å². The smallest absolute Gasteiger partial charge is 0.324 e. The predicted octanol–water partition coefficient (Wildman–Crippen LogP) is 1.28. The van der Waals surface area contributed by atoms with Crippen LogP contribution in [0.25, 0.3) is 11.4 Å². The molecule has 1 aromatic heterocycles. The van der Waals surface area contributed by atoms with Crippen molar-refractivity contribution >= 4 is 16.0 Å². The van der Waals surface area contributed by atoms with Crippen LogP contribution in [0.5, 0.6) is 5.75 Å². The van der Waals surface area contributed by atoms with Gasteiger partial charge in [-0.3, -0.25) is 4.79 Å². The number of hydrogen-bond acceptors (Lipinski definition) is 8. The van der Waals surface area contributed by atoms with E-state index in [0.29, 0.717) is 11.6 Å². The number of carbonyl (C=O) groups excluding carboxylic acids is 1. The first-order valence-corrected chi connectivity index (χ1v) is 10.8. The minimum Gasteiger partial charge on any atom is -0.485 e. The normalized spacial score (nSPS) is 20.9. The zero-order chi connectivity index (χ0) is 21.5. The van der Waals surface area contributed by atoms with Crippen LogP contribution in [0, 0.1) is 5.92 Å². The van der Waals surface area contributed by atoms with Gasteiger partial charge in [0, 0.05) is 17.0 Å². The van der Waals surface area contributed by atoms with Crippen molar-refractivity contribution in [3.8, 4) is 17.1 Å². The van der Waals surface area contributed by atoms with Crippen molar-refractivity contribution in [3.63, 3.8) is 0 Å². The van der Waals surface area contributed by atoms with Crippen LogP contribution in [0.15, 0.2) is 41.3 Å². The number of nitrogens with zero attached hydrogens (tertiary/aromatic N) is 3. The molecule has 1 aromatic carbocycles. The number of methoxy groups -OCH3 is 1. The van der Waals surface area contributed by atoms with Gasteiger partial charge in [-0.25, -0.2) is 8.42 Å². The lowest BCUT2D eigenvalue weighted by Gasteiger charge is -2.22. The molecule has 0 fully saturated rings. The number of tetrazole rings is 1. The number of allylic oxidation sites excluding steroid dienone is 1. The molecule has 2 N–H and O–H groups in total. The maximum Gasteiger partial charge on any atom is 0.324 e. The molecule has 1 aliphatic carbocycles. The lowest BCUT2D eigenvalue weighted by Crippen LogP contribution is -2.45. The predicted molar refractivity (Wildman–Crippen MR) is 107 cm³/mol. The molecule has 1 aliphatic heterocycles. The number of esters is 1. The summed E-state index contributed by atoms with van der Waals surface area (Å²) in [5.41, 5.74) is 1.68. The maximum atomic E-state index is 12.9. The van der Waals surface area contributed by atoms with E-state index in [4.69, 9.17) is 9.47 Å². The van der Waals surface area contributed by atoms with Crippen molar-refractivity contribution in [2.75, 3.05) is 7.11 Å². The third-order valence-electron chi connectivity index (χ3n) is 5.10. The molecule has 3 atom stereocenters. The molecule has 11 heteroatoms. The van der Waals surface area contributed by atoms with E-state index in [1.165, 1.54) is 13.2 Å². The third kappa shape index (κ3) is 3.61. The van der Waals surface area contributed by atoms with E-state index in [-0.39, 0.29) is 16.7 Å². The van der Waals surface area contributed by atoms with Gasteiger partial charge >= 0.3 is 5.97 Å². The van der Waals surface area contributed by atoms with Crippen LogP contribution in [-0.4, -0.2) is 54.3 Å². The van der Waals surface area contributed by atoms with Gasteiger partial charge in [0.1, 0.15) is 17.9 Å². The SMILES string of the molecule is COC(=O)[C@@H](NS(=O)(=O)C1=CC2Oc3cc(-c4nn[nH]n4)ccc3C2C=C1)C(C)C. The fourth-order valence-electron chi connectivity index (χ4n) is 3.50. The summed E-state index contributed by atoms with van der Waals surface area (Å²) in [4.78, 5) is 12.0. The van der Waals surface area contributed by atoms with Gasteiger partial charge < -0.3 is 9.47 Å². The molecule has 0 radical (unpaired) electrons. The lowest BCUT2D eigenvalue weighted by atomic mass is 9.91. The van der Waals surface area contributed by atoms with Crippen molar-refractivity contribution in [2.45, 2.75) is 31.9 Å². The van der Waals surface area contributed by atoms with Crippen molar-refractivity contribution < 1.29 is 22.7 Å². The van der Waals surface area contributed by atoms with Crippen LogP contribution in [0.1, 0.15) is 25.3 Å². The molecule has 0 spiro atoms. The van der Waals surface area contributed by atoms with Crippen molar-refractivity contribution in [1.82, 2.24) is 25.3 Å². The van der Waals surface area contributed by atoms with Crippen molar-refractivity contribution in [3.05, 3.63) is 46.9 Å². The summed E-state index contributed by atoms with van der Waals surface area (Å²) in [5, 5.41) is 13.9. The molecule has 0 saturated carbocycles. The van der Waals surface area contributed by atoms with Crippen molar-refractivity contribution in [2.24, 2.45) is 5.92 Å². The number of nitrogens with one attached hydrogen (secondary N) is 2. The monoisotopic (exact) mass is 431 g/mol. The van der Waals surface area contributed by atoms with E-state index in [9.17, 15) is 13.2 Å². The van der Waals surface area contributed by atoms with Crippen LogP contribution in [0.2, 0.25) is 0 Å². The average molecular weight is 431 g/mol. The summed E-state index contributed by atoms with van der Waals surface area (Å²) >= 11 is 0. The third-order valence-corrected chi connectivity index (χ3v) is 6.56.